The Morgan fingerprint density at radius 2 is 2.18 bits per heavy atom. The summed E-state index contributed by atoms with van der Waals surface area (Å²) in [6.45, 7) is 4.14. The van der Waals surface area contributed by atoms with Crippen LogP contribution in [0.3, 0.4) is 0 Å². The lowest BCUT2D eigenvalue weighted by Crippen LogP contribution is -1.94. The molecule has 92 valence electrons. The number of rotatable bonds is 4. The molecule has 0 radical (unpaired) electrons. The van der Waals surface area contributed by atoms with Gasteiger partial charge in [0, 0.05) is 11.3 Å². The fourth-order valence-corrected chi connectivity index (χ4v) is 2.39. The molecule has 0 saturated carbocycles. The van der Waals surface area contributed by atoms with Crippen LogP contribution in [0.25, 0.3) is 0 Å². The van der Waals surface area contributed by atoms with E-state index in [2.05, 4.69) is 25.7 Å². The second-order valence-electron chi connectivity index (χ2n) is 4.17. The zero-order valence-corrected chi connectivity index (χ0v) is 11.0. The molecule has 17 heavy (non-hydrogen) atoms. The van der Waals surface area contributed by atoms with Crippen LogP contribution in [-0.2, 0) is 5.75 Å². The third-order valence-corrected chi connectivity index (χ3v) is 3.50. The van der Waals surface area contributed by atoms with Gasteiger partial charge in [0.25, 0.3) is 0 Å². The number of benzene rings is 1. The highest BCUT2D eigenvalue weighted by Crippen LogP contribution is 2.19. The first-order valence-corrected chi connectivity index (χ1v) is 6.75. The zero-order chi connectivity index (χ0) is 12.7. The molecule has 1 aromatic rings. The van der Waals surface area contributed by atoms with Crippen molar-refractivity contribution in [2.45, 2.75) is 19.6 Å². The molecule has 0 saturated heterocycles. The van der Waals surface area contributed by atoms with Crippen molar-refractivity contribution in [2.24, 2.45) is 5.92 Å². The first-order valence-electron chi connectivity index (χ1n) is 5.59. The molecule has 0 aliphatic carbocycles. The first kappa shape index (κ1) is 14.1. The number of aliphatic hydroxyl groups is 1. The van der Waals surface area contributed by atoms with Crippen molar-refractivity contribution in [2.75, 3.05) is 12.4 Å². The Balaban J connectivity index is 2.76. The van der Waals surface area contributed by atoms with E-state index < -0.39 is 0 Å². The molecule has 0 amide bonds. The van der Waals surface area contributed by atoms with Crippen LogP contribution in [0.5, 0.6) is 0 Å². The molecule has 0 fully saturated rings. The van der Waals surface area contributed by atoms with E-state index >= 15 is 0 Å². The van der Waals surface area contributed by atoms with E-state index in [1.54, 1.807) is 6.07 Å². The second-order valence-corrected chi connectivity index (χ2v) is 5.20. The minimum absolute atomic E-state index is 0.199. The standard InChI is InChI=1S/C14H17FOS/c1-11(2)9-17-10-13-5-6-14(15)8-12(13)4-3-7-16/h5-6,8,11,16H,7,9-10H2,1-2H3. The van der Waals surface area contributed by atoms with Crippen LogP contribution in [0, 0.1) is 23.6 Å². The number of hydrogen-bond acceptors (Lipinski definition) is 2. The molecule has 1 N–H and O–H groups in total. The SMILES string of the molecule is CC(C)CSCc1ccc(F)cc1C#CCO. The third kappa shape index (κ3) is 5.25. The smallest absolute Gasteiger partial charge is 0.124 e. The van der Waals surface area contributed by atoms with Gasteiger partial charge in [0.1, 0.15) is 12.4 Å². The summed E-state index contributed by atoms with van der Waals surface area (Å²) in [4.78, 5) is 0. The van der Waals surface area contributed by atoms with E-state index in [9.17, 15) is 4.39 Å². The highest BCUT2D eigenvalue weighted by atomic mass is 32.2. The monoisotopic (exact) mass is 252 g/mol. The summed E-state index contributed by atoms with van der Waals surface area (Å²) in [7, 11) is 0. The summed E-state index contributed by atoms with van der Waals surface area (Å²) in [5, 5.41) is 8.66. The van der Waals surface area contributed by atoms with Crippen LogP contribution in [0.2, 0.25) is 0 Å². The van der Waals surface area contributed by atoms with E-state index in [1.165, 1.54) is 12.1 Å². The van der Waals surface area contributed by atoms with Crippen molar-refractivity contribution >= 4 is 11.8 Å². The van der Waals surface area contributed by atoms with E-state index in [0.29, 0.717) is 11.5 Å². The molecule has 0 unspecified atom stereocenters. The third-order valence-electron chi connectivity index (χ3n) is 2.08. The van der Waals surface area contributed by atoms with E-state index in [4.69, 9.17) is 5.11 Å². The van der Waals surface area contributed by atoms with Crippen LogP contribution in [0.4, 0.5) is 4.39 Å². The van der Waals surface area contributed by atoms with Crippen LogP contribution in [0.1, 0.15) is 25.0 Å². The van der Waals surface area contributed by atoms with Gasteiger partial charge >= 0.3 is 0 Å². The van der Waals surface area contributed by atoms with Crippen molar-refractivity contribution in [1.82, 2.24) is 0 Å². The van der Waals surface area contributed by atoms with Crippen LogP contribution in [0.15, 0.2) is 18.2 Å². The summed E-state index contributed by atoms with van der Waals surface area (Å²) in [5.74, 6) is 7.61. The molecule has 1 rings (SSSR count). The maximum atomic E-state index is 13.1. The minimum Gasteiger partial charge on any atom is -0.384 e. The molecule has 0 aromatic heterocycles. The molecule has 0 aliphatic heterocycles. The van der Waals surface area contributed by atoms with Gasteiger partial charge in [-0.2, -0.15) is 11.8 Å². The summed E-state index contributed by atoms with van der Waals surface area (Å²) < 4.78 is 13.1. The average molecular weight is 252 g/mol. The lowest BCUT2D eigenvalue weighted by Gasteiger charge is -2.07. The Hall–Kier alpha value is -0.980. The van der Waals surface area contributed by atoms with E-state index in [-0.39, 0.29) is 12.4 Å². The fourth-order valence-electron chi connectivity index (χ4n) is 1.33. The van der Waals surface area contributed by atoms with Crippen LogP contribution < -0.4 is 0 Å². The van der Waals surface area contributed by atoms with Crippen molar-refractivity contribution in [3.05, 3.63) is 35.1 Å². The largest absolute Gasteiger partial charge is 0.384 e. The van der Waals surface area contributed by atoms with Crippen molar-refractivity contribution in [3.63, 3.8) is 0 Å². The Bertz CT molecular complexity index is 418. The molecule has 0 spiro atoms. The Labute approximate surface area is 106 Å². The Morgan fingerprint density at radius 3 is 2.82 bits per heavy atom. The molecule has 0 aliphatic rings. The van der Waals surface area contributed by atoms with Gasteiger partial charge in [0.15, 0.2) is 0 Å². The van der Waals surface area contributed by atoms with Gasteiger partial charge in [-0.05, 0) is 29.4 Å². The summed E-state index contributed by atoms with van der Waals surface area (Å²) in [6.07, 6.45) is 0. The first-order chi connectivity index (χ1) is 8.13. The van der Waals surface area contributed by atoms with Gasteiger partial charge in [0.05, 0.1) is 0 Å². The van der Waals surface area contributed by atoms with Crippen LogP contribution in [-0.4, -0.2) is 17.5 Å². The maximum absolute atomic E-state index is 13.1. The highest BCUT2D eigenvalue weighted by Gasteiger charge is 2.03. The van der Waals surface area contributed by atoms with Gasteiger partial charge in [-0.3, -0.25) is 0 Å². The minimum atomic E-state index is -0.287. The van der Waals surface area contributed by atoms with Crippen molar-refractivity contribution in [3.8, 4) is 11.8 Å². The van der Waals surface area contributed by atoms with E-state index in [1.807, 2.05) is 11.8 Å². The topological polar surface area (TPSA) is 20.2 Å². The summed E-state index contributed by atoms with van der Waals surface area (Å²) in [5.41, 5.74) is 1.70. The summed E-state index contributed by atoms with van der Waals surface area (Å²) >= 11 is 1.82. The molecule has 0 atom stereocenters. The number of thioether (sulfide) groups is 1. The Kier molecular flexibility index (Phi) is 6.10. The van der Waals surface area contributed by atoms with Gasteiger partial charge in [-0.15, -0.1) is 0 Å². The maximum Gasteiger partial charge on any atom is 0.124 e. The quantitative estimate of drug-likeness (QED) is 0.831. The molecular weight excluding hydrogens is 235 g/mol. The van der Waals surface area contributed by atoms with Crippen molar-refractivity contribution in [1.29, 1.82) is 0 Å². The zero-order valence-electron chi connectivity index (χ0n) is 10.2. The van der Waals surface area contributed by atoms with Gasteiger partial charge in [0.2, 0.25) is 0 Å². The number of hydrogen-bond donors (Lipinski definition) is 1. The molecule has 0 heterocycles. The lowest BCUT2D eigenvalue weighted by molar-refractivity contribution is 0.350. The second kappa shape index (κ2) is 7.37. The van der Waals surface area contributed by atoms with Gasteiger partial charge in [-0.1, -0.05) is 31.8 Å². The van der Waals surface area contributed by atoms with Crippen LogP contribution >= 0.6 is 11.8 Å². The lowest BCUT2D eigenvalue weighted by atomic mass is 10.1. The Morgan fingerprint density at radius 1 is 1.41 bits per heavy atom. The number of aliphatic hydroxyl groups excluding tert-OH is 1. The van der Waals surface area contributed by atoms with E-state index in [0.717, 1.165) is 17.1 Å². The molecule has 1 aromatic carbocycles. The molecule has 1 nitrogen and oxygen atoms in total. The molecule has 0 bridgehead atoms. The predicted molar refractivity (Wildman–Crippen MR) is 71.4 cm³/mol. The van der Waals surface area contributed by atoms with Gasteiger partial charge < -0.3 is 5.11 Å². The fraction of sp³-hybridized carbons (Fsp3) is 0.429. The average Bonchev–Trinajstić information content (AvgIpc) is 2.28. The number of halogens is 1. The summed E-state index contributed by atoms with van der Waals surface area (Å²) in [6, 6.07) is 4.65. The normalized spacial score (nSPS) is 10.2. The molecule has 3 heteroatoms. The van der Waals surface area contributed by atoms with Crippen molar-refractivity contribution < 1.29 is 9.50 Å². The molecular formula is C14H17FOS. The highest BCUT2D eigenvalue weighted by molar-refractivity contribution is 7.98. The van der Waals surface area contributed by atoms with Gasteiger partial charge in [-0.25, -0.2) is 4.39 Å². The predicted octanol–water partition coefficient (Wildman–Crippen LogP) is 3.06.